The number of aliphatic hydroxyl groups excluding tert-OH is 1. The summed E-state index contributed by atoms with van der Waals surface area (Å²) in [5.41, 5.74) is 3.33. The predicted octanol–water partition coefficient (Wildman–Crippen LogP) is 3.45. The first-order valence-electron chi connectivity index (χ1n) is 12.6. The molecule has 8 heteroatoms. The van der Waals surface area contributed by atoms with Gasteiger partial charge in [-0.15, -0.1) is 0 Å². The molecule has 1 N–H and O–H groups in total. The molecular weight excluding hydrogens is 454 g/mol. The summed E-state index contributed by atoms with van der Waals surface area (Å²) in [6.07, 6.45) is 9.00. The van der Waals surface area contributed by atoms with E-state index in [0.29, 0.717) is 31.3 Å². The SMILES string of the molecule is O=C1[C@@H](O)CCN1C1CCN(Cc2ccc3cc(Oc4ncc(C5=CC=NC5)cn4)ccc3c2)CC1. The van der Waals surface area contributed by atoms with E-state index in [1.165, 1.54) is 5.56 Å². The maximum atomic E-state index is 12.1. The van der Waals surface area contributed by atoms with Crippen LogP contribution in [0.1, 0.15) is 30.4 Å². The number of rotatable bonds is 6. The highest BCUT2D eigenvalue weighted by molar-refractivity contribution is 5.89. The lowest BCUT2D eigenvalue weighted by Crippen LogP contribution is -2.46. The molecule has 36 heavy (non-hydrogen) atoms. The molecule has 0 radical (unpaired) electrons. The Balaban J connectivity index is 1.06. The third-order valence-electron chi connectivity index (χ3n) is 7.34. The lowest BCUT2D eigenvalue weighted by molar-refractivity contribution is -0.137. The summed E-state index contributed by atoms with van der Waals surface area (Å²) in [5, 5.41) is 12.0. The number of hydrogen-bond donors (Lipinski definition) is 1. The van der Waals surface area contributed by atoms with Crippen molar-refractivity contribution in [2.75, 3.05) is 26.2 Å². The number of benzene rings is 2. The maximum absolute atomic E-state index is 12.1. The van der Waals surface area contributed by atoms with Crippen LogP contribution in [-0.4, -0.2) is 75.3 Å². The van der Waals surface area contributed by atoms with Crippen LogP contribution in [0.2, 0.25) is 0 Å². The van der Waals surface area contributed by atoms with Crippen molar-refractivity contribution in [1.29, 1.82) is 0 Å². The van der Waals surface area contributed by atoms with Crippen molar-refractivity contribution >= 4 is 28.5 Å². The van der Waals surface area contributed by atoms with Crippen LogP contribution in [0.3, 0.4) is 0 Å². The summed E-state index contributed by atoms with van der Waals surface area (Å²) in [6.45, 7) is 4.15. The highest BCUT2D eigenvalue weighted by atomic mass is 16.5. The fourth-order valence-corrected chi connectivity index (χ4v) is 5.31. The lowest BCUT2D eigenvalue weighted by atomic mass is 10.0. The van der Waals surface area contributed by atoms with E-state index in [2.05, 4.69) is 44.1 Å². The number of allylic oxidation sites excluding steroid dienone is 1. The van der Waals surface area contributed by atoms with E-state index in [4.69, 9.17) is 4.74 Å². The number of ether oxygens (including phenoxy) is 1. The van der Waals surface area contributed by atoms with Gasteiger partial charge in [0.05, 0.1) is 6.54 Å². The van der Waals surface area contributed by atoms with Crippen LogP contribution in [0.15, 0.2) is 59.9 Å². The maximum Gasteiger partial charge on any atom is 0.321 e. The van der Waals surface area contributed by atoms with Crippen molar-refractivity contribution in [3.63, 3.8) is 0 Å². The van der Waals surface area contributed by atoms with Gasteiger partial charge in [-0.2, -0.15) is 0 Å². The highest BCUT2D eigenvalue weighted by Crippen LogP contribution is 2.27. The summed E-state index contributed by atoms with van der Waals surface area (Å²) in [5.74, 6) is 0.613. The average Bonchev–Trinajstić information content (AvgIpc) is 3.56. The number of fused-ring (bicyclic) bond motifs is 1. The minimum Gasteiger partial charge on any atom is -0.424 e. The van der Waals surface area contributed by atoms with Crippen molar-refractivity contribution in [3.05, 3.63) is 66.0 Å². The second-order valence-electron chi connectivity index (χ2n) is 9.72. The molecule has 3 aliphatic rings. The first kappa shape index (κ1) is 22.8. The largest absolute Gasteiger partial charge is 0.424 e. The molecular formula is C28H29N5O3. The van der Waals surface area contributed by atoms with Gasteiger partial charge in [0.1, 0.15) is 11.9 Å². The molecule has 3 aromatic rings. The summed E-state index contributed by atoms with van der Waals surface area (Å²) in [6, 6.07) is 13.1. The van der Waals surface area contributed by atoms with E-state index >= 15 is 0 Å². The van der Waals surface area contributed by atoms with Crippen LogP contribution in [0.5, 0.6) is 11.8 Å². The molecule has 6 rings (SSSR count). The van der Waals surface area contributed by atoms with Gasteiger partial charge in [-0.05, 0) is 65.4 Å². The van der Waals surface area contributed by atoms with Gasteiger partial charge in [-0.3, -0.25) is 14.7 Å². The Bertz CT molecular complexity index is 1330. The van der Waals surface area contributed by atoms with E-state index in [-0.39, 0.29) is 11.9 Å². The number of carbonyl (C=O) groups excluding carboxylic acids is 1. The zero-order valence-corrected chi connectivity index (χ0v) is 20.1. The number of likely N-dealkylation sites (tertiary alicyclic amines) is 2. The summed E-state index contributed by atoms with van der Waals surface area (Å²) in [7, 11) is 0. The fourth-order valence-electron chi connectivity index (χ4n) is 5.31. The Kier molecular flexibility index (Phi) is 6.21. The molecule has 2 fully saturated rings. The number of aliphatic imine (C=N–C) groups is 1. The summed E-state index contributed by atoms with van der Waals surface area (Å²) in [4.78, 5) is 29.4. The molecule has 0 bridgehead atoms. The average molecular weight is 484 g/mol. The van der Waals surface area contributed by atoms with Gasteiger partial charge in [-0.1, -0.05) is 18.2 Å². The van der Waals surface area contributed by atoms with Gasteiger partial charge in [0.15, 0.2) is 0 Å². The number of nitrogens with zero attached hydrogens (tertiary/aromatic N) is 5. The Morgan fingerprint density at radius 1 is 0.972 bits per heavy atom. The van der Waals surface area contributed by atoms with Crippen LogP contribution in [-0.2, 0) is 11.3 Å². The molecule has 184 valence electrons. The van der Waals surface area contributed by atoms with Crippen LogP contribution in [0.25, 0.3) is 16.3 Å². The molecule has 4 heterocycles. The second kappa shape index (κ2) is 9.79. The van der Waals surface area contributed by atoms with E-state index in [9.17, 15) is 9.90 Å². The molecule has 0 spiro atoms. The van der Waals surface area contributed by atoms with Crippen molar-refractivity contribution < 1.29 is 14.6 Å². The molecule has 1 amide bonds. The van der Waals surface area contributed by atoms with E-state index in [1.54, 1.807) is 18.6 Å². The fraction of sp³-hybridized carbons (Fsp3) is 0.357. The molecule has 0 saturated carbocycles. The standard InChI is InChI=1S/C28H29N5O3/c34-26-8-12-33(27(26)35)24-6-10-32(11-7-24)18-19-1-2-21-14-25(4-3-20(21)13-19)36-28-30-16-23(17-31-28)22-5-9-29-15-22/h1-5,9,13-14,16-17,24,26,34H,6-8,10-12,15,18H2/t26-/m0/s1. The minimum absolute atomic E-state index is 0.0910. The molecule has 0 unspecified atom stereocenters. The van der Waals surface area contributed by atoms with Gasteiger partial charge in [0.2, 0.25) is 0 Å². The normalized spacial score (nSPS) is 20.9. The molecule has 1 aromatic heterocycles. The molecule has 8 nitrogen and oxygen atoms in total. The third kappa shape index (κ3) is 4.74. The second-order valence-corrected chi connectivity index (χ2v) is 9.72. The Hall–Kier alpha value is -3.62. The van der Waals surface area contributed by atoms with Crippen LogP contribution >= 0.6 is 0 Å². The molecule has 0 aliphatic carbocycles. The van der Waals surface area contributed by atoms with Gasteiger partial charge in [-0.25, -0.2) is 9.97 Å². The molecule has 1 atom stereocenters. The van der Waals surface area contributed by atoms with Crippen LogP contribution < -0.4 is 4.74 Å². The number of carbonyl (C=O) groups is 1. The zero-order valence-electron chi connectivity index (χ0n) is 20.1. The van der Waals surface area contributed by atoms with Gasteiger partial charge < -0.3 is 14.7 Å². The Morgan fingerprint density at radius 3 is 2.47 bits per heavy atom. The smallest absolute Gasteiger partial charge is 0.321 e. The summed E-state index contributed by atoms with van der Waals surface area (Å²) < 4.78 is 5.90. The van der Waals surface area contributed by atoms with E-state index in [1.807, 2.05) is 23.1 Å². The van der Waals surface area contributed by atoms with E-state index in [0.717, 1.165) is 54.4 Å². The van der Waals surface area contributed by atoms with Crippen molar-refractivity contribution in [2.45, 2.75) is 38.0 Å². The van der Waals surface area contributed by atoms with Crippen molar-refractivity contribution in [2.24, 2.45) is 4.99 Å². The first-order chi connectivity index (χ1) is 17.6. The zero-order chi connectivity index (χ0) is 24.5. The predicted molar refractivity (Wildman–Crippen MR) is 138 cm³/mol. The number of hydrogen-bond acceptors (Lipinski definition) is 7. The van der Waals surface area contributed by atoms with Crippen molar-refractivity contribution in [3.8, 4) is 11.8 Å². The first-order valence-corrected chi connectivity index (χ1v) is 12.6. The number of aromatic nitrogens is 2. The number of piperidine rings is 1. The van der Waals surface area contributed by atoms with Crippen LogP contribution in [0, 0.1) is 0 Å². The molecule has 2 saturated heterocycles. The monoisotopic (exact) mass is 483 g/mol. The molecule has 3 aliphatic heterocycles. The van der Waals surface area contributed by atoms with Crippen molar-refractivity contribution in [1.82, 2.24) is 19.8 Å². The number of amides is 1. The quantitative estimate of drug-likeness (QED) is 0.578. The lowest BCUT2D eigenvalue weighted by Gasteiger charge is -2.36. The Morgan fingerprint density at radius 2 is 1.75 bits per heavy atom. The minimum atomic E-state index is -0.797. The Labute approximate surface area is 209 Å². The highest BCUT2D eigenvalue weighted by Gasteiger charge is 2.35. The number of aliphatic hydroxyl groups is 1. The van der Waals surface area contributed by atoms with Gasteiger partial charge in [0, 0.05) is 56.4 Å². The van der Waals surface area contributed by atoms with Crippen LogP contribution in [0.4, 0.5) is 0 Å². The van der Waals surface area contributed by atoms with Gasteiger partial charge in [0.25, 0.3) is 5.91 Å². The van der Waals surface area contributed by atoms with E-state index < -0.39 is 6.10 Å². The third-order valence-corrected chi connectivity index (χ3v) is 7.34. The summed E-state index contributed by atoms with van der Waals surface area (Å²) >= 11 is 0. The topological polar surface area (TPSA) is 91.2 Å². The van der Waals surface area contributed by atoms with Gasteiger partial charge >= 0.3 is 6.01 Å². The molecule has 2 aromatic carbocycles.